The van der Waals surface area contributed by atoms with Crippen LogP contribution in [-0.2, 0) is 13.0 Å². The van der Waals surface area contributed by atoms with E-state index in [9.17, 15) is 9.60 Å². The van der Waals surface area contributed by atoms with Gasteiger partial charge in [0.25, 0.3) is 0 Å². The maximum Gasteiger partial charge on any atom is 0.178 e. The summed E-state index contributed by atoms with van der Waals surface area (Å²) in [7, 11) is 0. The fourth-order valence-corrected chi connectivity index (χ4v) is 3.11. The molecule has 0 aliphatic rings. The topological polar surface area (TPSA) is 124 Å². The van der Waals surface area contributed by atoms with Crippen LogP contribution in [0.15, 0.2) is 53.9 Å². The summed E-state index contributed by atoms with van der Waals surface area (Å²) in [6, 6.07) is 7.48. The van der Waals surface area contributed by atoms with Crippen molar-refractivity contribution in [2.45, 2.75) is 13.0 Å². The highest BCUT2D eigenvalue weighted by Crippen LogP contribution is 2.23. The minimum atomic E-state index is -0.546. The van der Waals surface area contributed by atoms with E-state index in [1.165, 1.54) is 18.2 Å². The second-order valence-corrected chi connectivity index (χ2v) is 6.91. The number of amidine groups is 1. The van der Waals surface area contributed by atoms with Crippen LogP contribution in [0.25, 0.3) is 11.2 Å². The molecule has 0 atom stereocenters. The molecule has 0 saturated carbocycles. The zero-order chi connectivity index (χ0) is 21.6. The Morgan fingerprint density at radius 2 is 2.00 bits per heavy atom. The van der Waals surface area contributed by atoms with Crippen molar-refractivity contribution in [3.05, 3.63) is 77.0 Å². The molecule has 158 valence electrons. The van der Waals surface area contributed by atoms with E-state index in [0.717, 1.165) is 5.82 Å². The van der Waals surface area contributed by atoms with Crippen molar-refractivity contribution in [2.24, 2.45) is 4.99 Å². The number of imidazole rings is 1. The Morgan fingerprint density at radius 1 is 1.16 bits per heavy atom. The van der Waals surface area contributed by atoms with E-state index in [4.69, 9.17) is 11.6 Å². The first-order valence-corrected chi connectivity index (χ1v) is 9.76. The van der Waals surface area contributed by atoms with Crippen LogP contribution in [0, 0.1) is 5.82 Å². The van der Waals surface area contributed by atoms with Gasteiger partial charge in [0.15, 0.2) is 11.5 Å². The summed E-state index contributed by atoms with van der Waals surface area (Å²) in [4.78, 5) is 24.6. The van der Waals surface area contributed by atoms with Gasteiger partial charge in [-0.25, -0.2) is 29.3 Å². The van der Waals surface area contributed by atoms with Crippen LogP contribution >= 0.6 is 11.6 Å². The van der Waals surface area contributed by atoms with Gasteiger partial charge in [0.1, 0.15) is 17.5 Å². The minimum absolute atomic E-state index is 0.0609. The fraction of sp³-hybridized carbons (Fsp3) is 0.150. The number of fused-ring (bicyclic) bond motifs is 1. The first-order chi connectivity index (χ1) is 15.1. The maximum atomic E-state index is 13.4. The first-order valence-electron chi connectivity index (χ1n) is 9.38. The SMILES string of the molecule is ONC(=Nc1ccc(F)c(Cl)c1)c1ccnc2nc(CNCCc3ncccn3)[nH]c12. The standard InChI is InChI=1S/C20H18ClFN8O/c21-14-10-12(2-3-15(14)22)27-19(30-31)13-4-9-26-20-18(13)28-17(29-20)11-23-8-5-16-24-6-1-7-25-16/h1-4,6-7,9-10,23,31H,5,8,11H2,(H,27,30)(H,26,28,29). The Kier molecular flexibility index (Phi) is 6.41. The largest absolute Gasteiger partial charge is 0.339 e. The number of benzene rings is 1. The van der Waals surface area contributed by atoms with Crippen molar-refractivity contribution >= 4 is 34.3 Å². The Bertz CT molecular complexity index is 1210. The van der Waals surface area contributed by atoms with E-state index in [1.807, 2.05) is 0 Å². The number of hydrogen-bond acceptors (Lipinski definition) is 7. The van der Waals surface area contributed by atoms with Crippen molar-refractivity contribution in [3.63, 3.8) is 0 Å². The number of pyridine rings is 1. The highest BCUT2D eigenvalue weighted by Gasteiger charge is 2.13. The molecule has 11 heteroatoms. The third-order valence-electron chi connectivity index (χ3n) is 4.38. The van der Waals surface area contributed by atoms with Gasteiger partial charge in [0, 0.05) is 37.1 Å². The summed E-state index contributed by atoms with van der Waals surface area (Å²) in [5.41, 5.74) is 4.07. The predicted octanol–water partition coefficient (Wildman–Crippen LogP) is 2.93. The predicted molar refractivity (Wildman–Crippen MR) is 114 cm³/mol. The lowest BCUT2D eigenvalue weighted by Crippen LogP contribution is -2.20. The molecule has 31 heavy (non-hydrogen) atoms. The lowest BCUT2D eigenvalue weighted by atomic mass is 10.2. The molecule has 3 heterocycles. The van der Waals surface area contributed by atoms with E-state index in [0.29, 0.717) is 47.7 Å². The number of nitrogens with zero attached hydrogens (tertiary/aromatic N) is 5. The lowest BCUT2D eigenvalue weighted by molar-refractivity contribution is 0.235. The second-order valence-electron chi connectivity index (χ2n) is 6.50. The molecule has 0 fully saturated rings. The summed E-state index contributed by atoms with van der Waals surface area (Å²) in [6.45, 7) is 1.16. The lowest BCUT2D eigenvalue weighted by Gasteiger charge is -2.06. The van der Waals surface area contributed by atoms with Gasteiger partial charge in [-0.3, -0.25) is 10.7 Å². The Hall–Kier alpha value is -3.47. The molecule has 0 spiro atoms. The zero-order valence-electron chi connectivity index (χ0n) is 16.2. The monoisotopic (exact) mass is 440 g/mol. The number of aromatic amines is 1. The molecule has 0 aliphatic carbocycles. The molecule has 0 saturated heterocycles. The van der Waals surface area contributed by atoms with E-state index in [2.05, 4.69) is 40.7 Å². The number of halogens is 2. The molecule has 0 radical (unpaired) electrons. The number of H-pyrrole nitrogens is 1. The molecule has 9 nitrogen and oxygen atoms in total. The van der Waals surface area contributed by atoms with Crippen LogP contribution in [0.2, 0.25) is 5.02 Å². The van der Waals surface area contributed by atoms with Gasteiger partial charge in [0.2, 0.25) is 0 Å². The smallest absolute Gasteiger partial charge is 0.178 e. The fourth-order valence-electron chi connectivity index (χ4n) is 2.94. The third-order valence-corrected chi connectivity index (χ3v) is 4.67. The number of aromatic nitrogens is 5. The Labute approximate surface area is 181 Å². The van der Waals surface area contributed by atoms with Crippen molar-refractivity contribution in [1.29, 1.82) is 0 Å². The Balaban J connectivity index is 1.52. The van der Waals surface area contributed by atoms with Gasteiger partial charge in [-0.15, -0.1) is 0 Å². The summed E-state index contributed by atoms with van der Waals surface area (Å²) in [5.74, 6) is 1.03. The van der Waals surface area contributed by atoms with Crippen LogP contribution in [0.3, 0.4) is 0 Å². The molecule has 0 bridgehead atoms. The molecular weight excluding hydrogens is 423 g/mol. The average Bonchev–Trinajstić information content (AvgIpc) is 3.21. The average molecular weight is 441 g/mol. The van der Waals surface area contributed by atoms with Gasteiger partial charge in [-0.05, 0) is 30.3 Å². The highest BCUT2D eigenvalue weighted by atomic mass is 35.5. The van der Waals surface area contributed by atoms with Crippen molar-refractivity contribution in [3.8, 4) is 0 Å². The molecule has 0 unspecified atom stereocenters. The van der Waals surface area contributed by atoms with Crippen LogP contribution in [0.1, 0.15) is 17.2 Å². The first kappa shape index (κ1) is 20.8. The minimum Gasteiger partial charge on any atom is -0.339 e. The van der Waals surface area contributed by atoms with Gasteiger partial charge < -0.3 is 10.3 Å². The number of rotatable bonds is 7. The Morgan fingerprint density at radius 3 is 2.77 bits per heavy atom. The molecule has 0 aliphatic heterocycles. The van der Waals surface area contributed by atoms with E-state index in [-0.39, 0.29) is 10.9 Å². The molecule has 1 aromatic carbocycles. The van der Waals surface area contributed by atoms with Crippen LogP contribution < -0.4 is 10.8 Å². The molecule has 0 amide bonds. The zero-order valence-corrected chi connectivity index (χ0v) is 16.9. The van der Waals surface area contributed by atoms with Crippen molar-refractivity contribution in [2.75, 3.05) is 6.54 Å². The molecule has 4 N–H and O–H groups in total. The maximum absolute atomic E-state index is 13.4. The van der Waals surface area contributed by atoms with Crippen LogP contribution in [0.5, 0.6) is 0 Å². The van der Waals surface area contributed by atoms with E-state index >= 15 is 0 Å². The van der Waals surface area contributed by atoms with Gasteiger partial charge in [0.05, 0.1) is 22.8 Å². The van der Waals surface area contributed by atoms with E-state index < -0.39 is 5.82 Å². The summed E-state index contributed by atoms with van der Waals surface area (Å²) < 4.78 is 13.4. The summed E-state index contributed by atoms with van der Waals surface area (Å²) in [6.07, 6.45) is 5.68. The van der Waals surface area contributed by atoms with Gasteiger partial charge in [-0.1, -0.05) is 11.6 Å². The van der Waals surface area contributed by atoms with Crippen molar-refractivity contribution in [1.82, 2.24) is 35.7 Å². The number of hydroxylamine groups is 1. The number of nitrogens with one attached hydrogen (secondary N) is 3. The third kappa shape index (κ3) is 5.00. The highest BCUT2D eigenvalue weighted by molar-refractivity contribution is 6.31. The molecule has 4 rings (SSSR count). The van der Waals surface area contributed by atoms with E-state index in [1.54, 1.807) is 30.7 Å². The van der Waals surface area contributed by atoms with Crippen LogP contribution in [0.4, 0.5) is 10.1 Å². The van der Waals surface area contributed by atoms with Crippen molar-refractivity contribution < 1.29 is 9.60 Å². The quantitative estimate of drug-likeness (QED) is 0.151. The van der Waals surface area contributed by atoms with Crippen LogP contribution in [-0.4, -0.2) is 42.5 Å². The molecule has 3 aromatic heterocycles. The summed E-state index contributed by atoms with van der Waals surface area (Å²) in [5, 5.41) is 12.9. The normalized spacial score (nSPS) is 11.8. The molecule has 4 aromatic rings. The summed E-state index contributed by atoms with van der Waals surface area (Å²) >= 11 is 5.82. The number of aliphatic imine (C=N–C) groups is 1. The van der Waals surface area contributed by atoms with Gasteiger partial charge >= 0.3 is 0 Å². The number of hydrogen-bond donors (Lipinski definition) is 4. The second kappa shape index (κ2) is 9.56. The molecular formula is C20H18ClFN8O. The van der Waals surface area contributed by atoms with Gasteiger partial charge in [-0.2, -0.15) is 0 Å².